The summed E-state index contributed by atoms with van der Waals surface area (Å²) in [5.41, 5.74) is 1.36. The number of carbonyl (C=O) groups is 1. The van der Waals surface area contributed by atoms with Gasteiger partial charge >= 0.3 is 0 Å². The Labute approximate surface area is 132 Å². The second kappa shape index (κ2) is 5.49. The van der Waals surface area contributed by atoms with Gasteiger partial charge in [0.2, 0.25) is 10.0 Å². The third kappa shape index (κ3) is 2.79. The summed E-state index contributed by atoms with van der Waals surface area (Å²) in [7, 11) is -1.93. The maximum atomic E-state index is 12.6. The van der Waals surface area contributed by atoms with Crippen LogP contribution in [0.25, 0.3) is 0 Å². The Balaban J connectivity index is 1.86. The molecule has 9 heteroatoms. The summed E-state index contributed by atoms with van der Waals surface area (Å²) in [6, 6.07) is 1.33. The first kappa shape index (κ1) is 15.2. The Morgan fingerprint density at radius 2 is 2.27 bits per heavy atom. The van der Waals surface area contributed by atoms with Gasteiger partial charge in [-0.05, 0) is 18.9 Å². The maximum Gasteiger partial charge on any atom is 0.255 e. The average Bonchev–Trinajstić information content (AvgIpc) is 3.16. The molecule has 3 heterocycles. The van der Waals surface area contributed by atoms with Gasteiger partial charge in [-0.2, -0.15) is 5.10 Å². The number of primary sulfonamides is 1. The number of nitrogens with zero attached hydrogens (tertiary/aromatic N) is 3. The molecule has 0 radical (unpaired) electrons. The highest BCUT2D eigenvalue weighted by Crippen LogP contribution is 2.33. The van der Waals surface area contributed by atoms with Gasteiger partial charge in [0.1, 0.15) is 4.21 Å². The van der Waals surface area contributed by atoms with E-state index in [0.717, 1.165) is 29.7 Å². The summed E-state index contributed by atoms with van der Waals surface area (Å²) in [5.74, 6) is -0.169. The van der Waals surface area contributed by atoms with Crippen LogP contribution in [-0.4, -0.2) is 35.6 Å². The fourth-order valence-corrected chi connectivity index (χ4v) is 4.29. The number of thiophene rings is 1. The lowest BCUT2D eigenvalue weighted by Crippen LogP contribution is -2.30. The number of aromatic nitrogens is 2. The molecular formula is C13H16N4O3S2. The second-order valence-electron chi connectivity index (χ2n) is 5.30. The van der Waals surface area contributed by atoms with Crippen LogP contribution in [0.15, 0.2) is 28.0 Å². The zero-order valence-electron chi connectivity index (χ0n) is 12.0. The number of amides is 1. The zero-order chi connectivity index (χ0) is 15.9. The molecule has 2 aromatic heterocycles. The monoisotopic (exact) mass is 340 g/mol. The number of carbonyl (C=O) groups excluding carboxylic acids is 1. The molecule has 1 saturated heterocycles. The molecule has 0 bridgehead atoms. The predicted octanol–water partition coefficient (Wildman–Crippen LogP) is 1.11. The topological polar surface area (TPSA) is 98.3 Å². The molecule has 0 spiro atoms. The number of hydrogen-bond acceptors (Lipinski definition) is 5. The molecule has 1 amide bonds. The average molecular weight is 340 g/mol. The minimum atomic E-state index is -3.77. The fourth-order valence-electron chi connectivity index (χ4n) is 2.71. The highest BCUT2D eigenvalue weighted by Gasteiger charge is 2.32. The molecule has 1 unspecified atom stereocenters. The van der Waals surface area contributed by atoms with Gasteiger partial charge in [-0.15, -0.1) is 11.3 Å². The molecule has 1 fully saturated rings. The zero-order valence-corrected chi connectivity index (χ0v) is 13.6. The van der Waals surface area contributed by atoms with Crippen LogP contribution in [0.4, 0.5) is 0 Å². The standard InChI is InChI=1S/C13H16N4O3S2/c1-16-7-10(6-15-16)11-3-2-4-17(11)13(18)9-5-12(21-8-9)22(14,19)20/h5-8,11H,2-4H2,1H3,(H2,14,19,20). The van der Waals surface area contributed by atoms with Crippen LogP contribution in [0.5, 0.6) is 0 Å². The van der Waals surface area contributed by atoms with Gasteiger partial charge in [0.05, 0.1) is 17.8 Å². The van der Waals surface area contributed by atoms with E-state index >= 15 is 0 Å². The van der Waals surface area contributed by atoms with Crippen molar-refractivity contribution in [3.05, 3.63) is 35.0 Å². The van der Waals surface area contributed by atoms with Crippen molar-refractivity contribution < 1.29 is 13.2 Å². The van der Waals surface area contributed by atoms with Crippen molar-refractivity contribution in [1.29, 1.82) is 0 Å². The van der Waals surface area contributed by atoms with Crippen molar-refractivity contribution in [1.82, 2.24) is 14.7 Å². The second-order valence-corrected chi connectivity index (χ2v) is 8.00. The van der Waals surface area contributed by atoms with Gasteiger partial charge in [-0.3, -0.25) is 9.48 Å². The van der Waals surface area contributed by atoms with E-state index < -0.39 is 10.0 Å². The Bertz CT molecular complexity index is 809. The first-order valence-electron chi connectivity index (χ1n) is 6.77. The Hall–Kier alpha value is -1.71. The van der Waals surface area contributed by atoms with Gasteiger partial charge in [0.25, 0.3) is 5.91 Å². The SMILES string of the molecule is Cn1cc(C2CCCN2C(=O)c2csc(S(N)(=O)=O)c2)cn1. The maximum absolute atomic E-state index is 12.6. The summed E-state index contributed by atoms with van der Waals surface area (Å²) in [4.78, 5) is 14.4. The van der Waals surface area contributed by atoms with Crippen molar-refractivity contribution in [2.45, 2.75) is 23.1 Å². The van der Waals surface area contributed by atoms with Crippen LogP contribution in [-0.2, 0) is 17.1 Å². The molecule has 1 aliphatic heterocycles. The van der Waals surface area contributed by atoms with Crippen LogP contribution in [0.3, 0.4) is 0 Å². The van der Waals surface area contributed by atoms with E-state index in [1.54, 1.807) is 21.2 Å². The Kier molecular flexibility index (Phi) is 3.79. The highest BCUT2D eigenvalue weighted by molar-refractivity contribution is 7.91. The van der Waals surface area contributed by atoms with Gasteiger partial charge in [-0.1, -0.05) is 0 Å². The summed E-state index contributed by atoms with van der Waals surface area (Å²) >= 11 is 0.968. The van der Waals surface area contributed by atoms with E-state index in [0.29, 0.717) is 12.1 Å². The largest absolute Gasteiger partial charge is 0.331 e. The van der Waals surface area contributed by atoms with Crippen molar-refractivity contribution in [2.75, 3.05) is 6.54 Å². The quantitative estimate of drug-likeness (QED) is 0.904. The number of sulfonamides is 1. The van der Waals surface area contributed by atoms with Crippen molar-refractivity contribution >= 4 is 27.3 Å². The number of rotatable bonds is 3. The number of nitrogens with two attached hydrogens (primary N) is 1. The van der Waals surface area contributed by atoms with Gasteiger partial charge in [-0.25, -0.2) is 13.6 Å². The lowest BCUT2D eigenvalue weighted by molar-refractivity contribution is 0.0736. The van der Waals surface area contributed by atoms with Crippen LogP contribution < -0.4 is 5.14 Å². The van der Waals surface area contributed by atoms with Crippen LogP contribution >= 0.6 is 11.3 Å². The third-order valence-electron chi connectivity index (χ3n) is 3.73. The van der Waals surface area contributed by atoms with Crippen molar-refractivity contribution in [3.63, 3.8) is 0 Å². The van der Waals surface area contributed by atoms with Crippen molar-refractivity contribution in [3.8, 4) is 0 Å². The van der Waals surface area contributed by atoms with E-state index in [-0.39, 0.29) is 16.2 Å². The molecule has 0 aliphatic carbocycles. The fraction of sp³-hybridized carbons (Fsp3) is 0.385. The smallest absolute Gasteiger partial charge is 0.255 e. The van der Waals surface area contributed by atoms with Gasteiger partial charge in [0.15, 0.2) is 0 Å². The van der Waals surface area contributed by atoms with Crippen LogP contribution in [0.2, 0.25) is 0 Å². The minimum absolute atomic E-state index is 0.00738. The molecule has 118 valence electrons. The number of hydrogen-bond donors (Lipinski definition) is 1. The lowest BCUT2D eigenvalue weighted by Gasteiger charge is -2.23. The molecule has 0 saturated carbocycles. The molecule has 1 atom stereocenters. The summed E-state index contributed by atoms with van der Waals surface area (Å²) < 4.78 is 24.4. The van der Waals surface area contributed by atoms with E-state index in [9.17, 15) is 13.2 Å². The third-order valence-corrected chi connectivity index (χ3v) is 6.11. The van der Waals surface area contributed by atoms with Crippen LogP contribution in [0, 0.1) is 0 Å². The number of aryl methyl sites for hydroxylation is 1. The van der Waals surface area contributed by atoms with Crippen LogP contribution in [0.1, 0.15) is 34.8 Å². The predicted molar refractivity (Wildman–Crippen MR) is 81.9 cm³/mol. The molecule has 2 aromatic rings. The Morgan fingerprint density at radius 3 is 2.86 bits per heavy atom. The Morgan fingerprint density at radius 1 is 1.50 bits per heavy atom. The molecule has 1 aliphatic rings. The van der Waals surface area contributed by atoms with E-state index in [2.05, 4.69) is 5.10 Å². The normalized spacial score (nSPS) is 18.8. The van der Waals surface area contributed by atoms with Crippen molar-refractivity contribution in [2.24, 2.45) is 12.2 Å². The van der Waals surface area contributed by atoms with E-state index in [1.807, 2.05) is 13.2 Å². The molecule has 22 heavy (non-hydrogen) atoms. The summed E-state index contributed by atoms with van der Waals surface area (Å²) in [6.07, 6.45) is 5.46. The summed E-state index contributed by atoms with van der Waals surface area (Å²) in [6.45, 7) is 0.652. The van der Waals surface area contributed by atoms with E-state index in [1.165, 1.54) is 6.07 Å². The molecule has 7 nitrogen and oxygen atoms in total. The molecular weight excluding hydrogens is 324 g/mol. The summed E-state index contributed by atoms with van der Waals surface area (Å²) in [5, 5.41) is 10.8. The van der Waals surface area contributed by atoms with Gasteiger partial charge in [0, 0.05) is 30.7 Å². The molecule has 3 rings (SSSR count). The molecule has 2 N–H and O–H groups in total. The lowest BCUT2D eigenvalue weighted by atomic mass is 10.1. The molecule has 0 aromatic carbocycles. The first-order valence-corrected chi connectivity index (χ1v) is 9.20. The van der Waals surface area contributed by atoms with E-state index in [4.69, 9.17) is 5.14 Å². The first-order chi connectivity index (χ1) is 10.4. The number of likely N-dealkylation sites (tertiary alicyclic amines) is 1. The van der Waals surface area contributed by atoms with Gasteiger partial charge < -0.3 is 4.90 Å². The minimum Gasteiger partial charge on any atom is -0.331 e. The highest BCUT2D eigenvalue weighted by atomic mass is 32.2.